The summed E-state index contributed by atoms with van der Waals surface area (Å²) in [7, 11) is 0. The van der Waals surface area contributed by atoms with Crippen molar-refractivity contribution in [2.75, 3.05) is 18.9 Å². The number of carbonyl (C=O) groups excluding carboxylic acids is 2. The minimum absolute atomic E-state index is 0.0233. The van der Waals surface area contributed by atoms with Crippen LogP contribution in [-0.4, -0.2) is 44.6 Å². The second kappa shape index (κ2) is 7.45. The number of rotatable bonds is 5. The van der Waals surface area contributed by atoms with Crippen molar-refractivity contribution in [3.05, 3.63) is 17.7 Å². The minimum atomic E-state index is -0.604. The second-order valence-electron chi connectivity index (χ2n) is 6.16. The lowest BCUT2D eigenvalue weighted by atomic mass is 9.89. The van der Waals surface area contributed by atoms with E-state index >= 15 is 0 Å². The molecule has 25 heavy (non-hydrogen) atoms. The first kappa shape index (κ1) is 17.1. The molecule has 3 rings (SSSR count). The van der Waals surface area contributed by atoms with E-state index in [1.54, 1.807) is 6.92 Å². The van der Waals surface area contributed by atoms with Gasteiger partial charge >= 0.3 is 5.97 Å². The van der Waals surface area contributed by atoms with Crippen molar-refractivity contribution < 1.29 is 14.3 Å². The molecule has 9 nitrogen and oxygen atoms in total. The summed E-state index contributed by atoms with van der Waals surface area (Å²) in [6, 6.07) is 0. The van der Waals surface area contributed by atoms with Crippen molar-refractivity contribution in [3.63, 3.8) is 0 Å². The number of hydrogen-bond donors (Lipinski definition) is 2. The number of carbonyl (C=O) groups is 2. The summed E-state index contributed by atoms with van der Waals surface area (Å²) >= 11 is 0. The minimum Gasteiger partial charge on any atom is -0.461 e. The van der Waals surface area contributed by atoms with Gasteiger partial charge < -0.3 is 15.8 Å². The Bertz CT molecular complexity index is 782. The van der Waals surface area contributed by atoms with Gasteiger partial charge in [0.25, 0.3) is 5.91 Å². The molecule has 1 amide bonds. The highest BCUT2D eigenvalue weighted by molar-refractivity contribution is 5.98. The highest BCUT2D eigenvalue weighted by Crippen LogP contribution is 2.23. The summed E-state index contributed by atoms with van der Waals surface area (Å²) in [4.78, 5) is 28.2. The number of nitrogens with two attached hydrogens (primary N) is 1. The molecule has 0 unspecified atom stereocenters. The van der Waals surface area contributed by atoms with Crippen molar-refractivity contribution >= 4 is 23.3 Å². The molecular formula is C16H22N6O3. The van der Waals surface area contributed by atoms with Crippen molar-refractivity contribution in [1.29, 1.82) is 0 Å². The lowest BCUT2D eigenvalue weighted by Crippen LogP contribution is -2.32. The van der Waals surface area contributed by atoms with E-state index < -0.39 is 5.97 Å². The second-order valence-corrected chi connectivity index (χ2v) is 6.16. The summed E-state index contributed by atoms with van der Waals surface area (Å²) in [5.74, 6) is -0.384. The number of nitrogens with zero attached hydrogens (tertiary/aromatic N) is 4. The predicted octanol–water partition coefficient (Wildman–Crippen LogP) is 1.19. The monoisotopic (exact) mass is 346 g/mol. The average Bonchev–Trinajstić information content (AvgIpc) is 3.06. The number of nitrogens with one attached hydrogen (secondary N) is 1. The molecule has 2 heterocycles. The van der Waals surface area contributed by atoms with Crippen LogP contribution >= 0.6 is 0 Å². The molecule has 0 bridgehead atoms. The van der Waals surface area contributed by atoms with E-state index in [-0.39, 0.29) is 35.4 Å². The van der Waals surface area contributed by atoms with Crippen molar-refractivity contribution in [2.45, 2.75) is 39.0 Å². The molecule has 0 aromatic carbocycles. The van der Waals surface area contributed by atoms with Crippen LogP contribution in [0.3, 0.4) is 0 Å². The molecule has 1 aliphatic rings. The molecule has 9 heteroatoms. The number of anilines is 1. The Morgan fingerprint density at radius 2 is 2.04 bits per heavy atom. The zero-order chi connectivity index (χ0) is 17.8. The molecule has 2 aromatic heterocycles. The quantitative estimate of drug-likeness (QED) is 0.779. The fraction of sp³-hybridized carbons (Fsp3) is 0.562. The van der Waals surface area contributed by atoms with E-state index in [4.69, 9.17) is 10.5 Å². The van der Waals surface area contributed by atoms with Gasteiger partial charge in [-0.15, -0.1) is 10.2 Å². The first-order chi connectivity index (χ1) is 12.1. The van der Waals surface area contributed by atoms with Crippen LogP contribution in [0.5, 0.6) is 0 Å². The fourth-order valence-electron chi connectivity index (χ4n) is 3.09. The van der Waals surface area contributed by atoms with Gasteiger partial charge in [0, 0.05) is 6.54 Å². The summed E-state index contributed by atoms with van der Waals surface area (Å²) in [6.45, 7) is 2.53. The van der Waals surface area contributed by atoms with E-state index in [1.807, 2.05) is 0 Å². The Morgan fingerprint density at radius 1 is 1.28 bits per heavy atom. The van der Waals surface area contributed by atoms with E-state index in [0.29, 0.717) is 12.5 Å². The Morgan fingerprint density at radius 3 is 2.76 bits per heavy atom. The number of ether oxygens (including phenoxy) is 1. The molecule has 134 valence electrons. The fourth-order valence-corrected chi connectivity index (χ4v) is 3.09. The molecule has 0 aliphatic heterocycles. The molecular weight excluding hydrogens is 324 g/mol. The van der Waals surface area contributed by atoms with Crippen molar-refractivity contribution in [3.8, 4) is 0 Å². The van der Waals surface area contributed by atoms with Gasteiger partial charge in [-0.05, 0) is 25.7 Å². The first-order valence-corrected chi connectivity index (χ1v) is 8.56. The first-order valence-electron chi connectivity index (χ1n) is 8.56. The SMILES string of the molecule is CCOC(=O)c1ncn2c(N)c(C(=O)NCC3CCCCC3)nnc12. The summed E-state index contributed by atoms with van der Waals surface area (Å²) in [5.41, 5.74) is 6.24. The standard InChI is InChI=1S/C16H22N6O3/c1-2-25-16(24)12-14-21-20-11(13(17)22(14)9-19-12)15(23)18-8-10-6-4-3-5-7-10/h9-10H,2-8,17H2,1H3,(H,18,23). The normalized spacial score (nSPS) is 15.2. The highest BCUT2D eigenvalue weighted by Gasteiger charge is 2.22. The molecule has 0 atom stereocenters. The lowest BCUT2D eigenvalue weighted by molar-refractivity contribution is 0.0522. The van der Waals surface area contributed by atoms with Crippen LogP contribution in [0.25, 0.3) is 5.65 Å². The van der Waals surface area contributed by atoms with Gasteiger partial charge in [0.2, 0.25) is 0 Å². The van der Waals surface area contributed by atoms with Gasteiger partial charge in [-0.25, -0.2) is 9.78 Å². The van der Waals surface area contributed by atoms with Gasteiger partial charge in [0.1, 0.15) is 12.1 Å². The van der Waals surface area contributed by atoms with Crippen LogP contribution in [0.15, 0.2) is 6.33 Å². The van der Waals surface area contributed by atoms with Crippen molar-refractivity contribution in [1.82, 2.24) is 24.9 Å². The maximum Gasteiger partial charge on any atom is 0.360 e. The Labute approximate surface area is 145 Å². The smallest absolute Gasteiger partial charge is 0.360 e. The zero-order valence-corrected chi connectivity index (χ0v) is 14.2. The zero-order valence-electron chi connectivity index (χ0n) is 14.2. The molecule has 3 N–H and O–H groups in total. The van der Waals surface area contributed by atoms with Gasteiger partial charge in [-0.1, -0.05) is 19.3 Å². The number of imidazole rings is 1. The molecule has 0 spiro atoms. The van der Waals surface area contributed by atoms with Crippen LogP contribution in [0.4, 0.5) is 5.82 Å². The van der Waals surface area contributed by atoms with Crippen molar-refractivity contribution in [2.24, 2.45) is 5.92 Å². The maximum atomic E-state index is 12.4. The van der Waals surface area contributed by atoms with Crippen LogP contribution in [-0.2, 0) is 4.74 Å². The van der Waals surface area contributed by atoms with Gasteiger partial charge in [0.15, 0.2) is 17.0 Å². The largest absolute Gasteiger partial charge is 0.461 e. The van der Waals surface area contributed by atoms with E-state index in [2.05, 4.69) is 20.5 Å². The summed E-state index contributed by atoms with van der Waals surface area (Å²) in [6.07, 6.45) is 7.28. The van der Waals surface area contributed by atoms with Crippen LogP contribution in [0, 0.1) is 5.92 Å². The average molecular weight is 346 g/mol. The van der Waals surface area contributed by atoms with Gasteiger partial charge in [-0.2, -0.15) is 0 Å². The summed E-state index contributed by atoms with van der Waals surface area (Å²) < 4.78 is 6.28. The molecule has 1 fully saturated rings. The topological polar surface area (TPSA) is 124 Å². The molecule has 2 aromatic rings. The number of fused-ring (bicyclic) bond motifs is 1. The molecule has 0 saturated heterocycles. The number of aromatic nitrogens is 4. The van der Waals surface area contributed by atoms with Gasteiger partial charge in [-0.3, -0.25) is 9.20 Å². The Kier molecular flexibility index (Phi) is 5.11. The Hall–Kier alpha value is -2.71. The maximum absolute atomic E-state index is 12.4. The Balaban J connectivity index is 1.76. The number of hydrogen-bond acceptors (Lipinski definition) is 7. The van der Waals surface area contributed by atoms with Crippen LogP contribution in [0.2, 0.25) is 0 Å². The lowest BCUT2D eigenvalue weighted by Gasteiger charge is -2.21. The van der Waals surface area contributed by atoms with Crippen LogP contribution in [0.1, 0.15) is 60.0 Å². The van der Waals surface area contributed by atoms with E-state index in [9.17, 15) is 9.59 Å². The molecule has 1 saturated carbocycles. The number of nitrogen functional groups attached to an aromatic ring is 1. The molecule has 0 radical (unpaired) electrons. The third kappa shape index (κ3) is 3.54. The van der Waals surface area contributed by atoms with E-state index in [1.165, 1.54) is 30.0 Å². The van der Waals surface area contributed by atoms with Gasteiger partial charge in [0.05, 0.1) is 6.61 Å². The summed E-state index contributed by atoms with van der Waals surface area (Å²) in [5, 5.41) is 10.7. The number of esters is 1. The van der Waals surface area contributed by atoms with E-state index in [0.717, 1.165) is 12.8 Å². The molecule has 1 aliphatic carbocycles. The predicted molar refractivity (Wildman–Crippen MR) is 90.1 cm³/mol. The van der Waals surface area contributed by atoms with Crippen LogP contribution < -0.4 is 11.1 Å². The number of amides is 1. The third-order valence-corrected chi connectivity index (χ3v) is 4.45. The third-order valence-electron chi connectivity index (χ3n) is 4.45. The highest BCUT2D eigenvalue weighted by atomic mass is 16.5.